The van der Waals surface area contributed by atoms with Crippen LogP contribution in [0.15, 0.2) is 32.8 Å². The van der Waals surface area contributed by atoms with E-state index in [2.05, 4.69) is 36.8 Å². The number of carbonyl (C=O) groups is 2. The van der Waals surface area contributed by atoms with Gasteiger partial charge in [0.15, 0.2) is 12.2 Å². The van der Waals surface area contributed by atoms with Crippen LogP contribution in [0.5, 0.6) is 5.75 Å². The Kier molecular flexibility index (Phi) is 5.64. The number of benzene rings is 1. The van der Waals surface area contributed by atoms with E-state index in [0.29, 0.717) is 18.3 Å². The summed E-state index contributed by atoms with van der Waals surface area (Å²) in [6, 6.07) is 4.57. The number of carbonyl (C=O) groups excluding carboxylic acids is 2. The maximum absolute atomic E-state index is 12.3. The highest BCUT2D eigenvalue weighted by Gasteiger charge is 2.48. The van der Waals surface area contributed by atoms with Gasteiger partial charge in [0, 0.05) is 23.6 Å². The van der Waals surface area contributed by atoms with E-state index in [0.717, 1.165) is 16.5 Å². The quantitative estimate of drug-likeness (QED) is 0.535. The standard InChI is InChI=1S/C17H21BrN6O3/c1-4-7-24-13-14(23(2)17(26)21-15(13)25)20-16(24)22-19-9-10-8-11(18)5-6-12(10)27-3/h5-6,8-9,13-14H,4,7H2,1-3H3,(H,20,22)(H,21,25,26)/b19-9+. The number of amides is 3. The van der Waals surface area contributed by atoms with Crippen molar-refractivity contribution >= 4 is 40.0 Å². The lowest BCUT2D eigenvalue weighted by atomic mass is 10.1. The van der Waals surface area contributed by atoms with E-state index in [1.807, 2.05) is 30.0 Å². The van der Waals surface area contributed by atoms with Gasteiger partial charge in [-0.1, -0.05) is 22.9 Å². The number of ether oxygens (including phenoxy) is 1. The van der Waals surface area contributed by atoms with E-state index in [4.69, 9.17) is 4.74 Å². The van der Waals surface area contributed by atoms with Crippen LogP contribution in [0.2, 0.25) is 0 Å². The summed E-state index contributed by atoms with van der Waals surface area (Å²) >= 11 is 3.42. The lowest BCUT2D eigenvalue weighted by Crippen LogP contribution is -2.64. The van der Waals surface area contributed by atoms with E-state index in [1.54, 1.807) is 20.4 Å². The number of nitrogens with one attached hydrogen (secondary N) is 2. The number of methoxy groups -OCH3 is 1. The SMILES string of the molecule is CCCN1C(N/N=C/c2cc(Br)ccc2OC)=NC2C1C(=O)NC(=O)N2C. The van der Waals surface area contributed by atoms with E-state index in [-0.39, 0.29) is 5.91 Å². The van der Waals surface area contributed by atoms with Gasteiger partial charge in [0.25, 0.3) is 5.91 Å². The van der Waals surface area contributed by atoms with Gasteiger partial charge in [-0.25, -0.2) is 15.2 Å². The number of nitrogens with zero attached hydrogens (tertiary/aromatic N) is 4. The minimum Gasteiger partial charge on any atom is -0.496 e. The number of hydrogen-bond acceptors (Lipinski definition) is 7. The molecule has 27 heavy (non-hydrogen) atoms. The third-order valence-corrected chi connectivity index (χ3v) is 4.88. The summed E-state index contributed by atoms with van der Waals surface area (Å²) in [5.74, 6) is 0.782. The fraction of sp³-hybridized carbons (Fsp3) is 0.412. The minimum absolute atomic E-state index is 0.352. The van der Waals surface area contributed by atoms with Crippen molar-refractivity contribution in [3.63, 3.8) is 0 Å². The molecule has 10 heteroatoms. The van der Waals surface area contributed by atoms with Crippen LogP contribution in [-0.2, 0) is 4.79 Å². The lowest BCUT2D eigenvalue weighted by Gasteiger charge is -2.35. The van der Waals surface area contributed by atoms with Crippen LogP contribution in [-0.4, -0.2) is 66.8 Å². The van der Waals surface area contributed by atoms with Gasteiger partial charge < -0.3 is 14.5 Å². The van der Waals surface area contributed by atoms with E-state index >= 15 is 0 Å². The maximum atomic E-state index is 12.3. The fourth-order valence-corrected chi connectivity index (χ4v) is 3.45. The van der Waals surface area contributed by atoms with Crippen LogP contribution in [0.3, 0.4) is 0 Å². The number of imide groups is 1. The van der Waals surface area contributed by atoms with Crippen molar-refractivity contribution < 1.29 is 14.3 Å². The predicted molar refractivity (Wildman–Crippen MR) is 105 cm³/mol. The second-order valence-corrected chi connectivity index (χ2v) is 7.08. The molecule has 2 unspecified atom stereocenters. The molecule has 0 aromatic heterocycles. The first-order valence-corrected chi connectivity index (χ1v) is 9.30. The minimum atomic E-state index is -0.573. The van der Waals surface area contributed by atoms with Gasteiger partial charge in [0.05, 0.1) is 13.3 Å². The number of hydrazone groups is 1. The Bertz CT molecular complexity index is 812. The molecule has 1 saturated heterocycles. The molecule has 3 amide bonds. The summed E-state index contributed by atoms with van der Waals surface area (Å²) in [4.78, 5) is 31.9. The molecule has 0 bridgehead atoms. The molecule has 2 N–H and O–H groups in total. The molecule has 1 aromatic rings. The monoisotopic (exact) mass is 436 g/mol. The number of guanidine groups is 1. The molecule has 9 nitrogen and oxygen atoms in total. The number of urea groups is 1. The Balaban J connectivity index is 1.81. The summed E-state index contributed by atoms with van der Waals surface area (Å²) in [5.41, 5.74) is 3.68. The smallest absolute Gasteiger partial charge is 0.325 e. The average Bonchev–Trinajstić information content (AvgIpc) is 2.99. The number of likely N-dealkylation sites (N-methyl/N-ethyl adjacent to an activating group) is 1. The van der Waals surface area contributed by atoms with Crippen LogP contribution < -0.4 is 15.5 Å². The summed E-state index contributed by atoms with van der Waals surface area (Å²) in [6.07, 6.45) is 1.86. The van der Waals surface area contributed by atoms with Crippen LogP contribution in [0, 0.1) is 0 Å². The molecule has 2 aliphatic heterocycles. The number of hydrogen-bond donors (Lipinski definition) is 2. The number of rotatable bonds is 5. The van der Waals surface area contributed by atoms with Crippen molar-refractivity contribution in [1.82, 2.24) is 20.5 Å². The second-order valence-electron chi connectivity index (χ2n) is 6.17. The molecular weight excluding hydrogens is 416 g/mol. The largest absolute Gasteiger partial charge is 0.496 e. The van der Waals surface area contributed by atoms with Gasteiger partial charge >= 0.3 is 6.03 Å². The molecule has 0 saturated carbocycles. The van der Waals surface area contributed by atoms with Crippen molar-refractivity contribution in [1.29, 1.82) is 0 Å². The molecular formula is C17H21BrN6O3. The molecule has 0 radical (unpaired) electrons. The molecule has 2 heterocycles. The zero-order valence-electron chi connectivity index (χ0n) is 15.3. The van der Waals surface area contributed by atoms with Crippen molar-refractivity contribution in [2.45, 2.75) is 25.6 Å². The van der Waals surface area contributed by atoms with Crippen LogP contribution in [0.25, 0.3) is 0 Å². The first-order valence-electron chi connectivity index (χ1n) is 8.51. The van der Waals surface area contributed by atoms with Gasteiger partial charge in [-0.2, -0.15) is 5.10 Å². The Labute approximate surface area is 165 Å². The average molecular weight is 437 g/mol. The molecule has 144 valence electrons. The van der Waals surface area contributed by atoms with E-state index < -0.39 is 18.2 Å². The first kappa shape index (κ1) is 19.2. The zero-order valence-corrected chi connectivity index (χ0v) is 16.9. The molecule has 1 aromatic carbocycles. The summed E-state index contributed by atoms with van der Waals surface area (Å²) in [7, 11) is 3.21. The Morgan fingerprint density at radius 1 is 1.44 bits per heavy atom. The highest BCUT2D eigenvalue weighted by atomic mass is 79.9. The second kappa shape index (κ2) is 7.95. The Morgan fingerprint density at radius 3 is 2.93 bits per heavy atom. The van der Waals surface area contributed by atoms with Crippen molar-refractivity contribution in [3.05, 3.63) is 28.2 Å². The maximum Gasteiger partial charge on any atom is 0.325 e. The van der Waals surface area contributed by atoms with Crippen molar-refractivity contribution in [2.24, 2.45) is 10.1 Å². The van der Waals surface area contributed by atoms with E-state index in [9.17, 15) is 9.59 Å². The number of halogens is 1. The van der Waals surface area contributed by atoms with E-state index in [1.165, 1.54) is 4.90 Å². The summed E-state index contributed by atoms with van der Waals surface area (Å²) in [6.45, 7) is 2.62. The molecule has 2 aliphatic rings. The zero-order chi connectivity index (χ0) is 19.6. The lowest BCUT2D eigenvalue weighted by molar-refractivity contribution is -0.127. The number of fused-ring (bicyclic) bond motifs is 1. The van der Waals surface area contributed by atoms with Gasteiger partial charge in [-0.15, -0.1) is 0 Å². The van der Waals surface area contributed by atoms with Gasteiger partial charge in [0.1, 0.15) is 5.75 Å². The fourth-order valence-electron chi connectivity index (χ4n) is 3.07. The van der Waals surface area contributed by atoms with Crippen LogP contribution >= 0.6 is 15.9 Å². The molecule has 2 atom stereocenters. The van der Waals surface area contributed by atoms with Crippen LogP contribution in [0.1, 0.15) is 18.9 Å². The summed E-state index contributed by atoms with van der Waals surface area (Å²) < 4.78 is 6.22. The first-order chi connectivity index (χ1) is 13.0. The highest BCUT2D eigenvalue weighted by Crippen LogP contribution is 2.24. The molecule has 0 aliphatic carbocycles. The third-order valence-electron chi connectivity index (χ3n) is 4.39. The van der Waals surface area contributed by atoms with Gasteiger partial charge in [0.2, 0.25) is 5.96 Å². The molecule has 3 rings (SSSR count). The van der Waals surface area contributed by atoms with Crippen molar-refractivity contribution in [2.75, 3.05) is 20.7 Å². The Morgan fingerprint density at radius 2 is 2.22 bits per heavy atom. The predicted octanol–water partition coefficient (Wildman–Crippen LogP) is 1.34. The van der Waals surface area contributed by atoms with Gasteiger partial charge in [-0.3, -0.25) is 10.1 Å². The van der Waals surface area contributed by atoms with Crippen molar-refractivity contribution in [3.8, 4) is 5.75 Å². The highest BCUT2D eigenvalue weighted by molar-refractivity contribution is 9.10. The van der Waals surface area contributed by atoms with Gasteiger partial charge in [-0.05, 0) is 24.6 Å². The molecule has 1 fully saturated rings. The third kappa shape index (κ3) is 3.75. The normalized spacial score (nSPS) is 22.0. The topological polar surface area (TPSA) is 98.6 Å². The summed E-state index contributed by atoms with van der Waals surface area (Å²) in [5, 5.41) is 6.61. The molecule has 0 spiro atoms. The van der Waals surface area contributed by atoms with Crippen LogP contribution in [0.4, 0.5) is 4.79 Å². The number of aliphatic imine (C=N–C) groups is 1. The Hall–Kier alpha value is -2.62.